The lowest BCUT2D eigenvalue weighted by molar-refractivity contribution is 1.43. The van der Waals surface area contributed by atoms with Crippen molar-refractivity contribution in [1.82, 2.24) is 0 Å². The van der Waals surface area contributed by atoms with E-state index in [-0.39, 0.29) is 0 Å². The molecule has 0 aliphatic heterocycles. The first-order valence-electron chi connectivity index (χ1n) is 14.0. The van der Waals surface area contributed by atoms with E-state index < -0.39 is 0 Å². The van der Waals surface area contributed by atoms with Crippen molar-refractivity contribution < 1.29 is 0 Å². The second kappa shape index (κ2) is 11.8. The minimum Gasteiger partial charge on any atom is -0.356 e. The molecule has 0 aliphatic carbocycles. The second-order valence-electron chi connectivity index (χ2n) is 10.3. The Hall–Kier alpha value is -5.28. The van der Waals surface area contributed by atoms with Crippen LogP contribution < -0.4 is 16.0 Å². The Labute approximate surface area is 242 Å². The van der Waals surface area contributed by atoms with Gasteiger partial charge < -0.3 is 16.0 Å². The molecule has 6 aromatic carbocycles. The number of hydrogen-bond donors (Lipinski definition) is 3. The lowest BCUT2D eigenvalue weighted by Gasteiger charge is -2.16. The molecule has 0 fully saturated rings. The Morgan fingerprint density at radius 3 is 1.02 bits per heavy atom. The van der Waals surface area contributed by atoms with E-state index in [2.05, 4.69) is 175 Å². The van der Waals surface area contributed by atoms with Gasteiger partial charge >= 0.3 is 0 Å². The van der Waals surface area contributed by atoms with Gasteiger partial charge in [0, 0.05) is 45.3 Å². The molecule has 0 heterocycles. The predicted octanol–water partition coefficient (Wildman–Crippen LogP) is 10.9. The molecule has 0 saturated heterocycles. The lowest BCUT2D eigenvalue weighted by Crippen LogP contribution is -1.97. The summed E-state index contributed by atoms with van der Waals surface area (Å²) >= 11 is 0. The van der Waals surface area contributed by atoms with Crippen molar-refractivity contribution >= 4 is 34.1 Å². The van der Waals surface area contributed by atoms with Crippen LogP contribution in [0.25, 0.3) is 22.3 Å². The summed E-state index contributed by atoms with van der Waals surface area (Å²) in [5.74, 6) is 0. The van der Waals surface area contributed by atoms with Crippen molar-refractivity contribution in [2.75, 3.05) is 16.0 Å². The Morgan fingerprint density at radius 2 is 0.659 bits per heavy atom. The fraction of sp³-hybridized carbons (Fsp3) is 0.0526. The van der Waals surface area contributed by atoms with Crippen molar-refractivity contribution in [2.24, 2.45) is 0 Å². The van der Waals surface area contributed by atoms with Crippen LogP contribution >= 0.6 is 0 Å². The topological polar surface area (TPSA) is 36.1 Å². The van der Waals surface area contributed by atoms with Crippen LogP contribution in [0, 0.1) is 13.8 Å². The van der Waals surface area contributed by atoms with Gasteiger partial charge in [-0.3, -0.25) is 0 Å². The van der Waals surface area contributed by atoms with Crippen LogP contribution in [0.15, 0.2) is 146 Å². The largest absolute Gasteiger partial charge is 0.356 e. The average molecular weight is 532 g/mol. The number of rotatable bonds is 8. The van der Waals surface area contributed by atoms with Crippen molar-refractivity contribution in [2.45, 2.75) is 13.8 Å². The molecule has 6 aromatic rings. The molecule has 0 bridgehead atoms. The maximum Gasteiger partial charge on any atom is 0.0466 e. The summed E-state index contributed by atoms with van der Waals surface area (Å²) < 4.78 is 0. The molecule has 3 heteroatoms. The summed E-state index contributed by atoms with van der Waals surface area (Å²) in [6.45, 7) is 4.31. The fourth-order valence-corrected chi connectivity index (χ4v) is 5.27. The van der Waals surface area contributed by atoms with Gasteiger partial charge in [-0.25, -0.2) is 0 Å². The van der Waals surface area contributed by atoms with E-state index in [4.69, 9.17) is 0 Å². The zero-order valence-corrected chi connectivity index (χ0v) is 23.4. The van der Waals surface area contributed by atoms with Gasteiger partial charge in [-0.05, 0) is 96.8 Å². The van der Waals surface area contributed by atoms with Crippen LogP contribution in [0.5, 0.6) is 0 Å². The Bertz CT molecular complexity index is 1610. The molecule has 0 unspecified atom stereocenters. The zero-order valence-electron chi connectivity index (χ0n) is 23.4. The molecule has 0 radical (unpaired) electrons. The van der Waals surface area contributed by atoms with Crippen LogP contribution in [-0.4, -0.2) is 0 Å². The van der Waals surface area contributed by atoms with Crippen LogP contribution in [0.4, 0.5) is 34.1 Å². The number of aryl methyl sites for hydroxylation is 2. The zero-order chi connectivity index (χ0) is 28.0. The van der Waals surface area contributed by atoms with Crippen LogP contribution in [-0.2, 0) is 0 Å². The fourth-order valence-electron chi connectivity index (χ4n) is 5.27. The number of anilines is 6. The van der Waals surface area contributed by atoms with Gasteiger partial charge in [-0.2, -0.15) is 0 Å². The third kappa shape index (κ3) is 6.00. The second-order valence-corrected chi connectivity index (χ2v) is 10.3. The molecule has 0 aromatic heterocycles. The van der Waals surface area contributed by atoms with Gasteiger partial charge in [-0.1, -0.05) is 84.9 Å². The normalized spacial score (nSPS) is 10.7. The van der Waals surface area contributed by atoms with E-state index in [0.717, 1.165) is 34.1 Å². The smallest absolute Gasteiger partial charge is 0.0466 e. The van der Waals surface area contributed by atoms with Gasteiger partial charge in [0.25, 0.3) is 0 Å². The summed E-state index contributed by atoms with van der Waals surface area (Å²) in [6, 6.07) is 50.7. The highest BCUT2D eigenvalue weighted by Crippen LogP contribution is 2.35. The van der Waals surface area contributed by atoms with Crippen molar-refractivity contribution in [3.8, 4) is 22.3 Å². The number of benzene rings is 6. The van der Waals surface area contributed by atoms with Gasteiger partial charge in [-0.15, -0.1) is 0 Å². The van der Waals surface area contributed by atoms with Crippen molar-refractivity contribution in [1.29, 1.82) is 0 Å². The van der Waals surface area contributed by atoms with E-state index in [0.29, 0.717) is 0 Å². The van der Waals surface area contributed by atoms with Crippen molar-refractivity contribution in [3.63, 3.8) is 0 Å². The third-order valence-electron chi connectivity index (χ3n) is 7.29. The molecule has 41 heavy (non-hydrogen) atoms. The Morgan fingerprint density at radius 1 is 0.317 bits per heavy atom. The molecular weight excluding hydrogens is 498 g/mol. The molecule has 0 aliphatic rings. The summed E-state index contributed by atoms with van der Waals surface area (Å²) in [5.41, 5.74) is 13.7. The summed E-state index contributed by atoms with van der Waals surface area (Å²) in [5, 5.41) is 10.8. The van der Waals surface area contributed by atoms with E-state index in [9.17, 15) is 0 Å². The minimum absolute atomic E-state index is 1.04. The van der Waals surface area contributed by atoms with Crippen LogP contribution in [0.2, 0.25) is 0 Å². The maximum absolute atomic E-state index is 3.62. The molecule has 6 rings (SSSR count). The minimum atomic E-state index is 1.04. The first-order chi connectivity index (χ1) is 20.1. The summed E-state index contributed by atoms with van der Waals surface area (Å²) in [6.07, 6.45) is 0. The third-order valence-corrected chi connectivity index (χ3v) is 7.29. The first-order valence-corrected chi connectivity index (χ1v) is 14.0. The van der Waals surface area contributed by atoms with E-state index in [1.807, 2.05) is 0 Å². The number of nitrogens with one attached hydrogen (secondary N) is 3. The highest BCUT2D eigenvalue weighted by Gasteiger charge is 2.10. The monoisotopic (exact) mass is 531 g/mol. The van der Waals surface area contributed by atoms with Crippen molar-refractivity contribution in [3.05, 3.63) is 157 Å². The van der Waals surface area contributed by atoms with Crippen LogP contribution in [0.3, 0.4) is 0 Å². The molecular formula is C38H33N3. The predicted molar refractivity (Wildman–Crippen MR) is 176 cm³/mol. The molecule has 0 saturated carbocycles. The highest BCUT2D eigenvalue weighted by molar-refractivity contribution is 5.85. The Kier molecular flexibility index (Phi) is 7.51. The average Bonchev–Trinajstić information content (AvgIpc) is 3.00. The first kappa shape index (κ1) is 26.0. The maximum atomic E-state index is 3.62. The van der Waals surface area contributed by atoms with Gasteiger partial charge in [0.2, 0.25) is 0 Å². The SMILES string of the molecule is Cc1cccc(Nc2ccc(Nc3ccc(Nc4cccc(C)c4-c4ccccc4)cc3)cc2)c1-c1ccccc1. The molecule has 200 valence electrons. The van der Waals surface area contributed by atoms with Crippen LogP contribution in [0.1, 0.15) is 11.1 Å². The number of hydrogen-bond acceptors (Lipinski definition) is 3. The molecule has 3 N–H and O–H groups in total. The Balaban J connectivity index is 1.14. The van der Waals surface area contributed by atoms with Gasteiger partial charge in [0.15, 0.2) is 0 Å². The van der Waals surface area contributed by atoms with E-state index >= 15 is 0 Å². The van der Waals surface area contributed by atoms with E-state index in [1.165, 1.54) is 33.4 Å². The molecule has 0 amide bonds. The molecule has 0 spiro atoms. The summed E-state index contributed by atoms with van der Waals surface area (Å²) in [7, 11) is 0. The molecule has 3 nitrogen and oxygen atoms in total. The van der Waals surface area contributed by atoms with Gasteiger partial charge in [0.1, 0.15) is 0 Å². The highest BCUT2D eigenvalue weighted by atomic mass is 14.9. The quantitative estimate of drug-likeness (QED) is 0.183. The molecule has 0 atom stereocenters. The summed E-state index contributed by atoms with van der Waals surface area (Å²) in [4.78, 5) is 0. The van der Waals surface area contributed by atoms with E-state index in [1.54, 1.807) is 0 Å². The van der Waals surface area contributed by atoms with Gasteiger partial charge in [0.05, 0.1) is 0 Å². The standard InChI is InChI=1S/C38H33N3/c1-27-11-9-17-35(37(27)29-13-5-3-6-14-29)40-33-23-19-31(20-24-33)39-32-21-25-34(26-22-32)41-36-18-10-12-28(2)38(36)30-15-7-4-8-16-30/h3-26,39-41H,1-2H3. The lowest BCUT2D eigenvalue weighted by atomic mass is 9.98.